The molecule has 94 valence electrons. The molecule has 5 heteroatoms. The van der Waals surface area contributed by atoms with Crippen molar-refractivity contribution in [3.63, 3.8) is 0 Å². The molecule has 0 aliphatic carbocycles. The molecular weight excluding hydrogens is 230 g/mol. The molecule has 1 aromatic rings. The lowest BCUT2D eigenvalue weighted by Crippen LogP contribution is -2.21. The van der Waals surface area contributed by atoms with Crippen molar-refractivity contribution in [2.75, 3.05) is 25.8 Å². The van der Waals surface area contributed by atoms with Crippen LogP contribution in [0.4, 0.5) is 5.69 Å². The number of hydrogen-bond acceptors (Lipinski definition) is 5. The van der Waals surface area contributed by atoms with E-state index in [1.807, 2.05) is 23.1 Å². The highest BCUT2D eigenvalue weighted by Gasteiger charge is 2.32. The lowest BCUT2D eigenvalue weighted by molar-refractivity contribution is 0.394. The van der Waals surface area contributed by atoms with Gasteiger partial charge in [-0.15, -0.1) is 0 Å². The topological polar surface area (TPSA) is 37.3 Å². The van der Waals surface area contributed by atoms with Crippen molar-refractivity contribution in [3.8, 4) is 11.5 Å². The molecule has 2 aliphatic heterocycles. The SMILES string of the molecule is COc1cccc(OC)c1N1[C]N2CCCC2=N1. The van der Waals surface area contributed by atoms with Gasteiger partial charge in [-0.25, -0.2) is 5.01 Å². The molecule has 0 atom stereocenters. The van der Waals surface area contributed by atoms with Crippen LogP contribution < -0.4 is 14.5 Å². The first-order valence-electron chi connectivity index (χ1n) is 5.96. The predicted octanol–water partition coefficient (Wildman–Crippen LogP) is 1.93. The molecule has 0 bridgehead atoms. The Balaban J connectivity index is 1.99. The first-order valence-corrected chi connectivity index (χ1v) is 5.96. The minimum absolute atomic E-state index is 0.729. The summed E-state index contributed by atoms with van der Waals surface area (Å²) < 4.78 is 10.7. The highest BCUT2D eigenvalue weighted by molar-refractivity contribution is 5.89. The zero-order valence-electron chi connectivity index (χ0n) is 10.5. The van der Waals surface area contributed by atoms with Crippen LogP contribution in [0.3, 0.4) is 0 Å². The summed E-state index contributed by atoms with van der Waals surface area (Å²) in [5, 5.41) is 6.26. The van der Waals surface area contributed by atoms with Gasteiger partial charge in [0.1, 0.15) is 23.0 Å². The Bertz CT molecular complexity index is 465. The van der Waals surface area contributed by atoms with Crippen LogP contribution in [-0.2, 0) is 0 Å². The maximum absolute atomic E-state index is 5.37. The number of nitrogens with zero attached hydrogens (tertiary/aromatic N) is 3. The molecule has 0 amide bonds. The third-order valence-corrected chi connectivity index (χ3v) is 3.14. The zero-order valence-corrected chi connectivity index (χ0v) is 10.5. The zero-order chi connectivity index (χ0) is 12.5. The van der Waals surface area contributed by atoms with Crippen LogP contribution in [0.25, 0.3) is 0 Å². The number of amidine groups is 1. The average Bonchev–Trinajstić information content (AvgIpc) is 2.98. The van der Waals surface area contributed by atoms with Crippen molar-refractivity contribution in [3.05, 3.63) is 24.9 Å². The third kappa shape index (κ3) is 1.66. The largest absolute Gasteiger partial charge is 0.494 e. The Labute approximate surface area is 107 Å². The predicted molar refractivity (Wildman–Crippen MR) is 68.6 cm³/mol. The summed E-state index contributed by atoms with van der Waals surface area (Å²) in [6, 6.07) is 5.68. The minimum atomic E-state index is 0.729. The first-order chi connectivity index (χ1) is 8.83. The first kappa shape index (κ1) is 11.2. The van der Waals surface area contributed by atoms with E-state index in [0.29, 0.717) is 0 Å². The van der Waals surface area contributed by atoms with Gasteiger partial charge in [0.2, 0.25) is 6.67 Å². The fraction of sp³-hybridized carbons (Fsp3) is 0.385. The lowest BCUT2D eigenvalue weighted by atomic mass is 10.2. The summed E-state index contributed by atoms with van der Waals surface area (Å²) in [7, 11) is 3.28. The second-order valence-corrected chi connectivity index (χ2v) is 4.19. The van der Waals surface area contributed by atoms with Gasteiger partial charge >= 0.3 is 0 Å². The second kappa shape index (κ2) is 4.40. The monoisotopic (exact) mass is 245 g/mol. The average molecular weight is 245 g/mol. The van der Waals surface area contributed by atoms with Crippen LogP contribution in [0.1, 0.15) is 12.8 Å². The Kier molecular flexibility index (Phi) is 2.74. The van der Waals surface area contributed by atoms with Crippen LogP contribution in [0.15, 0.2) is 23.3 Å². The van der Waals surface area contributed by atoms with E-state index < -0.39 is 0 Å². The van der Waals surface area contributed by atoms with Gasteiger partial charge in [0.05, 0.1) is 14.2 Å². The maximum Gasteiger partial charge on any atom is 0.233 e. The molecule has 1 aromatic carbocycles. The molecule has 2 heterocycles. The van der Waals surface area contributed by atoms with Crippen molar-refractivity contribution in [1.82, 2.24) is 4.90 Å². The van der Waals surface area contributed by atoms with Gasteiger partial charge in [-0.1, -0.05) is 6.07 Å². The van der Waals surface area contributed by atoms with Crippen molar-refractivity contribution in [1.29, 1.82) is 0 Å². The van der Waals surface area contributed by atoms with E-state index in [1.54, 1.807) is 19.2 Å². The molecule has 0 unspecified atom stereocenters. The summed E-state index contributed by atoms with van der Waals surface area (Å²) in [6.45, 7) is 4.20. The van der Waals surface area contributed by atoms with Crippen LogP contribution >= 0.6 is 0 Å². The number of para-hydroxylation sites is 1. The van der Waals surface area contributed by atoms with E-state index in [1.165, 1.54) is 0 Å². The quantitative estimate of drug-likeness (QED) is 0.815. The molecule has 1 fully saturated rings. The summed E-state index contributed by atoms with van der Waals surface area (Å²) in [4.78, 5) is 2.05. The number of fused-ring (bicyclic) bond motifs is 1. The summed E-state index contributed by atoms with van der Waals surface area (Å²) in [6.07, 6.45) is 2.14. The molecule has 18 heavy (non-hydrogen) atoms. The van der Waals surface area contributed by atoms with Gasteiger partial charge in [-0.3, -0.25) is 0 Å². The molecule has 0 N–H and O–H groups in total. The normalized spacial score (nSPS) is 17.8. The second-order valence-electron chi connectivity index (χ2n) is 4.19. The van der Waals surface area contributed by atoms with Crippen LogP contribution in [0, 0.1) is 6.67 Å². The van der Waals surface area contributed by atoms with E-state index in [9.17, 15) is 0 Å². The van der Waals surface area contributed by atoms with E-state index in [-0.39, 0.29) is 0 Å². The summed E-state index contributed by atoms with van der Waals surface area (Å²) in [5.41, 5.74) is 0.796. The summed E-state index contributed by atoms with van der Waals surface area (Å²) >= 11 is 0. The molecule has 2 radical (unpaired) electrons. The van der Waals surface area contributed by atoms with Crippen molar-refractivity contribution in [2.24, 2.45) is 5.10 Å². The number of methoxy groups -OCH3 is 2. The Morgan fingerprint density at radius 2 is 1.94 bits per heavy atom. The van der Waals surface area contributed by atoms with Gasteiger partial charge in [0, 0.05) is 13.0 Å². The van der Waals surface area contributed by atoms with Crippen LogP contribution in [0.5, 0.6) is 11.5 Å². The fourth-order valence-corrected chi connectivity index (χ4v) is 2.26. The molecular formula is C13H15N3O2. The van der Waals surface area contributed by atoms with Crippen LogP contribution in [-0.4, -0.2) is 31.5 Å². The van der Waals surface area contributed by atoms with Crippen molar-refractivity contribution in [2.45, 2.75) is 12.8 Å². The van der Waals surface area contributed by atoms with Crippen molar-refractivity contribution >= 4 is 11.5 Å². The molecule has 5 nitrogen and oxygen atoms in total. The van der Waals surface area contributed by atoms with E-state index in [0.717, 1.165) is 42.4 Å². The molecule has 0 spiro atoms. The van der Waals surface area contributed by atoms with E-state index >= 15 is 0 Å². The van der Waals surface area contributed by atoms with Gasteiger partial charge in [-0.2, -0.15) is 5.10 Å². The molecule has 0 saturated carbocycles. The molecule has 0 aromatic heterocycles. The van der Waals surface area contributed by atoms with Gasteiger partial charge in [-0.05, 0) is 18.6 Å². The number of hydrogen-bond donors (Lipinski definition) is 0. The van der Waals surface area contributed by atoms with Gasteiger partial charge in [0.15, 0.2) is 0 Å². The lowest BCUT2D eigenvalue weighted by Gasteiger charge is -2.19. The number of anilines is 1. The molecule has 3 rings (SSSR count). The van der Waals surface area contributed by atoms with E-state index in [2.05, 4.69) is 11.8 Å². The Hall–Kier alpha value is -1.91. The minimum Gasteiger partial charge on any atom is -0.494 e. The Morgan fingerprint density at radius 1 is 1.22 bits per heavy atom. The number of ether oxygens (including phenoxy) is 2. The molecule has 1 saturated heterocycles. The highest BCUT2D eigenvalue weighted by atomic mass is 16.5. The van der Waals surface area contributed by atoms with Crippen LogP contribution in [0.2, 0.25) is 0 Å². The standard InChI is InChI=1S/C13H15N3O2/c1-17-10-5-3-6-11(18-2)13(10)16-9-15-8-4-7-12(15)14-16/h3,5-6H,4,7-8H2,1-2H3. The smallest absolute Gasteiger partial charge is 0.233 e. The molecule has 2 aliphatic rings. The Morgan fingerprint density at radius 3 is 2.56 bits per heavy atom. The number of benzene rings is 1. The number of rotatable bonds is 3. The van der Waals surface area contributed by atoms with E-state index in [4.69, 9.17) is 9.47 Å². The summed E-state index contributed by atoms with van der Waals surface area (Å²) in [5.74, 6) is 2.52. The maximum atomic E-state index is 5.37. The van der Waals surface area contributed by atoms with Crippen molar-refractivity contribution < 1.29 is 9.47 Å². The third-order valence-electron chi connectivity index (χ3n) is 3.14. The van der Waals surface area contributed by atoms with Gasteiger partial charge < -0.3 is 14.4 Å². The highest BCUT2D eigenvalue weighted by Crippen LogP contribution is 2.41. The fourth-order valence-electron chi connectivity index (χ4n) is 2.26. The number of hydrazone groups is 1. The van der Waals surface area contributed by atoms with Gasteiger partial charge in [0.25, 0.3) is 0 Å².